The molecule has 0 bridgehead atoms. The van der Waals surface area contributed by atoms with Gasteiger partial charge in [0, 0.05) is 30.0 Å². The van der Waals surface area contributed by atoms with Gasteiger partial charge in [-0.1, -0.05) is 0 Å². The summed E-state index contributed by atoms with van der Waals surface area (Å²) in [4.78, 5) is 0. The lowest BCUT2D eigenvalue weighted by molar-refractivity contribution is 0.0215. The Bertz CT molecular complexity index is 367. The molecule has 2 spiro atoms. The van der Waals surface area contributed by atoms with Gasteiger partial charge in [0.05, 0.1) is 26.4 Å². The van der Waals surface area contributed by atoms with E-state index in [9.17, 15) is 0 Å². The maximum Gasteiger partial charge on any atom is 0.0842 e. The molecule has 4 heteroatoms. The third-order valence-electron chi connectivity index (χ3n) is 6.83. The molecule has 1 aliphatic carbocycles. The van der Waals surface area contributed by atoms with E-state index < -0.39 is 7.41 Å². The molecule has 3 N–H and O–H groups in total. The Morgan fingerprint density at radius 1 is 1.00 bits per heavy atom. The van der Waals surface area contributed by atoms with Crippen LogP contribution in [-0.4, -0.2) is 55.9 Å². The highest BCUT2D eigenvalue weighted by Gasteiger charge is 2.65. The molecule has 0 atom stereocenters. The van der Waals surface area contributed by atoms with Crippen LogP contribution in [0.15, 0.2) is 0 Å². The lowest BCUT2D eigenvalue weighted by Crippen LogP contribution is -2.62. The van der Waals surface area contributed by atoms with Crippen LogP contribution in [0.5, 0.6) is 0 Å². The number of nitrogens with zero attached hydrogens (tertiary/aromatic N) is 1. The summed E-state index contributed by atoms with van der Waals surface area (Å²) in [6, 6.07) is 0.502. The van der Waals surface area contributed by atoms with Gasteiger partial charge < -0.3 is 11.1 Å². The van der Waals surface area contributed by atoms with Crippen molar-refractivity contribution in [1.82, 2.24) is 9.99 Å². The quantitative estimate of drug-likeness (QED) is 0.728. The fraction of sp³-hybridized carbons (Fsp3) is 1.00. The van der Waals surface area contributed by atoms with Crippen LogP contribution < -0.4 is 11.1 Å². The second-order valence-corrected chi connectivity index (χ2v) is 12.4. The zero-order chi connectivity index (χ0) is 13.8. The molecule has 4 fully saturated rings. The van der Waals surface area contributed by atoms with Gasteiger partial charge in [-0.15, -0.1) is 0 Å². The molecule has 114 valence electrons. The van der Waals surface area contributed by atoms with Crippen molar-refractivity contribution in [3.8, 4) is 0 Å². The van der Waals surface area contributed by atoms with Crippen LogP contribution in [0.3, 0.4) is 0 Å². The van der Waals surface area contributed by atoms with Crippen molar-refractivity contribution >= 4 is 7.41 Å². The number of hydrogen-bond acceptors (Lipinski definition) is 3. The molecular weight excluding hydrogens is 265 g/mol. The molecule has 0 unspecified atom stereocenters. The fourth-order valence-electron chi connectivity index (χ4n) is 5.51. The molecule has 3 aliphatic heterocycles. The summed E-state index contributed by atoms with van der Waals surface area (Å²) in [6.07, 6.45) is 11.4. The first-order valence-corrected chi connectivity index (χ1v) is 11.2. The number of piperidine rings is 1. The Labute approximate surface area is 124 Å². The van der Waals surface area contributed by atoms with Gasteiger partial charge >= 0.3 is 0 Å². The minimum absolute atomic E-state index is 0.502. The van der Waals surface area contributed by atoms with Gasteiger partial charge in [0.2, 0.25) is 0 Å². The van der Waals surface area contributed by atoms with Gasteiger partial charge in [-0.05, 0) is 51.6 Å². The Morgan fingerprint density at radius 2 is 1.60 bits per heavy atom. The summed E-state index contributed by atoms with van der Waals surface area (Å²) < 4.78 is 2.93. The van der Waals surface area contributed by atoms with E-state index >= 15 is 0 Å². The summed E-state index contributed by atoms with van der Waals surface area (Å²) in [7, 11) is -0.715. The average Bonchev–Trinajstić information content (AvgIpc) is 2.37. The normalized spacial score (nSPS) is 40.5. The molecule has 4 rings (SSSR count). The zero-order valence-corrected chi connectivity index (χ0v) is 13.9. The van der Waals surface area contributed by atoms with Crippen LogP contribution in [0.1, 0.15) is 38.5 Å². The maximum atomic E-state index is 6.07. The molecule has 3 nitrogen and oxygen atoms in total. The van der Waals surface area contributed by atoms with Gasteiger partial charge in [-0.25, -0.2) is 0 Å². The van der Waals surface area contributed by atoms with Gasteiger partial charge in [0.25, 0.3) is 0 Å². The van der Waals surface area contributed by atoms with Crippen molar-refractivity contribution in [2.75, 3.05) is 45.2 Å². The van der Waals surface area contributed by atoms with E-state index in [2.05, 4.69) is 16.7 Å². The van der Waals surface area contributed by atoms with E-state index in [0.29, 0.717) is 11.5 Å². The van der Waals surface area contributed by atoms with Crippen molar-refractivity contribution in [3.63, 3.8) is 0 Å². The van der Waals surface area contributed by atoms with E-state index in [1.54, 1.807) is 12.3 Å². The molecule has 3 saturated heterocycles. The Morgan fingerprint density at radius 3 is 2.20 bits per heavy atom. The van der Waals surface area contributed by atoms with Crippen LogP contribution in [0.2, 0.25) is 0 Å². The first kappa shape index (κ1) is 13.9. The monoisotopic (exact) mass is 296 g/mol. The van der Waals surface area contributed by atoms with E-state index in [-0.39, 0.29) is 0 Å². The molecule has 3 heterocycles. The first-order valence-electron chi connectivity index (χ1n) is 8.60. The Kier molecular flexibility index (Phi) is 3.24. The van der Waals surface area contributed by atoms with Crippen molar-refractivity contribution in [2.45, 2.75) is 44.6 Å². The molecule has 4 aliphatic rings. The van der Waals surface area contributed by atoms with E-state index in [0.717, 1.165) is 5.41 Å². The number of hydrogen-bond donors (Lipinski definition) is 2. The Hall–Kier alpha value is 0.310. The van der Waals surface area contributed by atoms with Gasteiger partial charge in [0.1, 0.15) is 0 Å². The number of nitrogens with one attached hydrogen (secondary N) is 1. The lowest BCUT2D eigenvalue weighted by atomic mass is 9.69. The highest BCUT2D eigenvalue weighted by atomic mass is 31.2. The van der Waals surface area contributed by atoms with Crippen LogP contribution >= 0.6 is 7.41 Å². The average molecular weight is 296 g/mol. The van der Waals surface area contributed by atoms with Crippen molar-refractivity contribution in [1.29, 1.82) is 0 Å². The summed E-state index contributed by atoms with van der Waals surface area (Å²) >= 11 is 0. The summed E-state index contributed by atoms with van der Waals surface area (Å²) in [5.74, 6) is 0. The second-order valence-electron chi connectivity index (χ2n) is 8.57. The fourth-order valence-corrected chi connectivity index (χ4v) is 10.6. The predicted molar refractivity (Wildman–Crippen MR) is 87.6 cm³/mol. The van der Waals surface area contributed by atoms with Crippen LogP contribution in [-0.2, 0) is 0 Å². The van der Waals surface area contributed by atoms with Crippen molar-refractivity contribution in [3.05, 3.63) is 0 Å². The van der Waals surface area contributed by atoms with Crippen LogP contribution in [0.25, 0.3) is 0 Å². The minimum Gasteiger partial charge on any atom is -0.328 e. The van der Waals surface area contributed by atoms with Gasteiger partial charge in [0.15, 0.2) is 0 Å². The van der Waals surface area contributed by atoms with E-state index in [1.165, 1.54) is 64.7 Å². The van der Waals surface area contributed by atoms with Gasteiger partial charge in [-0.2, -0.15) is 4.67 Å². The highest BCUT2D eigenvalue weighted by molar-refractivity contribution is 7.74. The molecule has 0 amide bonds. The third-order valence-corrected chi connectivity index (χ3v) is 11.2. The molecule has 0 radical (unpaired) electrons. The summed E-state index contributed by atoms with van der Waals surface area (Å²) in [5.41, 5.74) is 7.52. The van der Waals surface area contributed by atoms with Crippen molar-refractivity contribution in [2.24, 2.45) is 16.6 Å². The molecule has 0 aromatic carbocycles. The topological polar surface area (TPSA) is 41.3 Å². The van der Waals surface area contributed by atoms with E-state index in [1.807, 2.05) is 0 Å². The lowest BCUT2D eigenvalue weighted by Gasteiger charge is -2.61. The smallest absolute Gasteiger partial charge is 0.0842 e. The van der Waals surface area contributed by atoms with Crippen molar-refractivity contribution < 1.29 is 0 Å². The van der Waals surface area contributed by atoms with Crippen LogP contribution in [0, 0.1) is 10.8 Å². The molecule has 0 aromatic heterocycles. The van der Waals surface area contributed by atoms with E-state index in [4.69, 9.17) is 5.73 Å². The Balaban J connectivity index is 1.33. The largest absolute Gasteiger partial charge is 0.328 e. The molecule has 0 aromatic rings. The number of nitrogens with two attached hydrogens (primary N) is 1. The minimum atomic E-state index is -0.715. The SMILES string of the molecule is C[P+]1(N2CC3(CCC(N)CC3)C2)CC2(CCNCC2)C1. The third kappa shape index (κ3) is 2.17. The predicted octanol–water partition coefficient (Wildman–Crippen LogP) is 2.14. The van der Waals surface area contributed by atoms with Crippen LogP contribution in [0.4, 0.5) is 0 Å². The molecule has 1 saturated carbocycles. The van der Waals surface area contributed by atoms with Gasteiger partial charge in [-0.3, -0.25) is 0 Å². The maximum absolute atomic E-state index is 6.07. The second kappa shape index (κ2) is 4.65. The standard InChI is InChI=1S/C16H31N3P/c1-20(12-16(13-20)6-8-18-9-7-16)19-10-15(11-19)4-2-14(17)3-5-15/h14,18H,2-13,17H2,1H3/q+1. The molecule has 20 heavy (non-hydrogen) atoms. The first-order chi connectivity index (χ1) is 9.53. The highest BCUT2D eigenvalue weighted by Crippen LogP contribution is 2.77. The summed E-state index contributed by atoms with van der Waals surface area (Å²) in [5, 5.41) is 3.53. The number of rotatable bonds is 1. The zero-order valence-electron chi connectivity index (χ0n) is 13.0. The summed E-state index contributed by atoms with van der Waals surface area (Å²) in [6.45, 7) is 8.00. The molecular formula is C16H31N3P+.